The Labute approximate surface area is 187 Å². The number of thiazole rings is 1. The van der Waals surface area contributed by atoms with E-state index in [1.54, 1.807) is 31.5 Å². The van der Waals surface area contributed by atoms with E-state index in [-0.39, 0.29) is 5.91 Å². The zero-order valence-electron chi connectivity index (χ0n) is 17.6. The summed E-state index contributed by atoms with van der Waals surface area (Å²) in [5, 5.41) is 4.35. The molecule has 162 valence electrons. The van der Waals surface area contributed by atoms with Crippen molar-refractivity contribution in [3.63, 3.8) is 0 Å². The summed E-state index contributed by atoms with van der Waals surface area (Å²) in [6, 6.07) is 5.84. The zero-order chi connectivity index (χ0) is 21.1. The number of piperidine rings is 2. The number of carbonyl (C=O) groups excluding carboxylic acids is 1. The van der Waals surface area contributed by atoms with Crippen molar-refractivity contribution in [3.8, 4) is 5.75 Å². The highest BCUT2D eigenvalue weighted by Crippen LogP contribution is 2.31. The van der Waals surface area contributed by atoms with Crippen LogP contribution in [0.15, 0.2) is 24.4 Å². The van der Waals surface area contributed by atoms with Gasteiger partial charge in [-0.1, -0.05) is 29.9 Å². The molecule has 1 N–H and O–H groups in total. The third-order valence-corrected chi connectivity index (χ3v) is 7.36. The first-order chi connectivity index (χ1) is 14.5. The van der Waals surface area contributed by atoms with Crippen LogP contribution in [0, 0.1) is 5.92 Å². The van der Waals surface area contributed by atoms with Crippen LogP contribution in [0.1, 0.15) is 42.3 Å². The van der Waals surface area contributed by atoms with Gasteiger partial charge in [-0.05, 0) is 56.3 Å². The summed E-state index contributed by atoms with van der Waals surface area (Å²) in [4.78, 5) is 22.8. The fraction of sp³-hybridized carbons (Fsp3) is 0.545. The number of nitrogens with one attached hydrogen (secondary N) is 1. The Morgan fingerprint density at radius 2 is 2.07 bits per heavy atom. The highest BCUT2D eigenvalue weighted by atomic mass is 35.5. The lowest BCUT2D eigenvalue weighted by atomic mass is 9.95. The molecule has 6 nitrogen and oxygen atoms in total. The van der Waals surface area contributed by atoms with Crippen molar-refractivity contribution in [2.75, 3.05) is 43.5 Å². The predicted octanol–water partition coefficient (Wildman–Crippen LogP) is 4.76. The first-order valence-electron chi connectivity index (χ1n) is 10.6. The number of hydrogen-bond acceptors (Lipinski definition) is 6. The van der Waals surface area contributed by atoms with Gasteiger partial charge in [0, 0.05) is 30.7 Å². The molecule has 2 aliphatic rings. The molecule has 0 unspecified atom stereocenters. The highest BCUT2D eigenvalue weighted by molar-refractivity contribution is 7.17. The van der Waals surface area contributed by atoms with Crippen LogP contribution >= 0.6 is 22.9 Å². The topological polar surface area (TPSA) is 57.7 Å². The zero-order valence-corrected chi connectivity index (χ0v) is 19.1. The number of carbonyl (C=O) groups is 1. The second kappa shape index (κ2) is 9.54. The normalized spacial score (nSPS) is 20.9. The number of amides is 1. The summed E-state index contributed by atoms with van der Waals surface area (Å²) in [5.41, 5.74) is 0.557. The maximum absolute atomic E-state index is 12.7. The number of hydrogen-bond donors (Lipinski definition) is 1. The molecule has 0 aliphatic carbocycles. The van der Waals surface area contributed by atoms with Crippen molar-refractivity contribution in [2.45, 2.75) is 38.6 Å². The highest BCUT2D eigenvalue weighted by Gasteiger charge is 2.28. The third-order valence-electron chi connectivity index (χ3n) is 6.07. The number of likely N-dealkylation sites (tertiary alicyclic amines) is 1. The van der Waals surface area contributed by atoms with Gasteiger partial charge in [0.15, 0.2) is 5.13 Å². The quantitative estimate of drug-likeness (QED) is 0.714. The molecular weight excluding hydrogens is 420 g/mol. The van der Waals surface area contributed by atoms with Crippen LogP contribution in [-0.4, -0.2) is 55.1 Å². The SMILES string of the molecule is COc1ccc(Cl)cc1NC(=O)c1cnc(N2CCC(N3CCC[C@@H](C)C3)CC2)s1. The van der Waals surface area contributed by atoms with Gasteiger partial charge in [-0.2, -0.15) is 0 Å². The molecule has 1 aromatic carbocycles. The number of benzene rings is 1. The molecule has 3 heterocycles. The summed E-state index contributed by atoms with van der Waals surface area (Å²) in [7, 11) is 1.57. The van der Waals surface area contributed by atoms with Crippen LogP contribution < -0.4 is 15.0 Å². The molecule has 2 fully saturated rings. The molecule has 0 saturated carbocycles. The Kier molecular flexibility index (Phi) is 6.80. The monoisotopic (exact) mass is 448 g/mol. The number of aromatic nitrogens is 1. The molecule has 0 spiro atoms. The van der Waals surface area contributed by atoms with Crippen molar-refractivity contribution < 1.29 is 9.53 Å². The molecule has 2 saturated heterocycles. The van der Waals surface area contributed by atoms with Gasteiger partial charge in [0.05, 0.1) is 19.0 Å². The molecule has 0 radical (unpaired) electrons. The van der Waals surface area contributed by atoms with Crippen molar-refractivity contribution in [2.24, 2.45) is 5.92 Å². The van der Waals surface area contributed by atoms with E-state index >= 15 is 0 Å². The smallest absolute Gasteiger partial charge is 0.267 e. The van der Waals surface area contributed by atoms with Gasteiger partial charge in [-0.15, -0.1) is 0 Å². The van der Waals surface area contributed by atoms with Gasteiger partial charge in [-0.3, -0.25) is 9.69 Å². The predicted molar refractivity (Wildman–Crippen MR) is 123 cm³/mol. The van der Waals surface area contributed by atoms with E-state index in [0.29, 0.717) is 27.4 Å². The van der Waals surface area contributed by atoms with Crippen molar-refractivity contribution in [1.29, 1.82) is 0 Å². The maximum atomic E-state index is 12.7. The third kappa shape index (κ3) is 4.90. The summed E-state index contributed by atoms with van der Waals surface area (Å²) < 4.78 is 5.31. The van der Waals surface area contributed by atoms with Crippen LogP contribution in [0.25, 0.3) is 0 Å². The Morgan fingerprint density at radius 1 is 1.27 bits per heavy atom. The van der Waals surface area contributed by atoms with Crippen LogP contribution in [0.4, 0.5) is 10.8 Å². The number of ether oxygens (including phenoxy) is 1. The fourth-order valence-corrected chi connectivity index (χ4v) is 5.49. The van der Waals surface area contributed by atoms with Crippen LogP contribution in [0.3, 0.4) is 0 Å². The summed E-state index contributed by atoms with van der Waals surface area (Å²) in [6.45, 7) is 6.82. The van der Waals surface area contributed by atoms with Gasteiger partial charge < -0.3 is 15.0 Å². The minimum absolute atomic E-state index is 0.198. The second-order valence-corrected chi connectivity index (χ2v) is 9.71. The lowest BCUT2D eigenvalue weighted by Crippen LogP contribution is -2.48. The van der Waals surface area contributed by atoms with E-state index in [9.17, 15) is 4.79 Å². The molecule has 4 rings (SSSR count). The van der Waals surface area contributed by atoms with E-state index in [2.05, 4.69) is 27.0 Å². The lowest BCUT2D eigenvalue weighted by molar-refractivity contribution is 0.103. The van der Waals surface area contributed by atoms with Crippen LogP contribution in [-0.2, 0) is 0 Å². The molecule has 1 aromatic heterocycles. The fourth-order valence-electron chi connectivity index (χ4n) is 4.46. The average Bonchev–Trinajstić information content (AvgIpc) is 3.25. The van der Waals surface area contributed by atoms with E-state index < -0.39 is 0 Å². The Balaban J connectivity index is 1.35. The van der Waals surface area contributed by atoms with E-state index in [1.165, 1.54) is 37.3 Å². The average molecular weight is 449 g/mol. The first-order valence-corrected chi connectivity index (χ1v) is 11.8. The molecule has 1 amide bonds. The molecular formula is C22H29ClN4O2S. The van der Waals surface area contributed by atoms with Crippen LogP contribution in [0.5, 0.6) is 5.75 Å². The minimum atomic E-state index is -0.198. The Hall–Kier alpha value is -1.83. The van der Waals surface area contributed by atoms with Gasteiger partial charge in [0.1, 0.15) is 10.6 Å². The molecule has 30 heavy (non-hydrogen) atoms. The van der Waals surface area contributed by atoms with Gasteiger partial charge in [0.25, 0.3) is 5.91 Å². The van der Waals surface area contributed by atoms with Gasteiger partial charge in [-0.25, -0.2) is 4.98 Å². The summed E-state index contributed by atoms with van der Waals surface area (Å²) in [6.07, 6.45) is 6.66. The molecule has 2 aliphatic heterocycles. The number of halogens is 1. The summed E-state index contributed by atoms with van der Waals surface area (Å²) in [5.74, 6) is 1.19. The van der Waals surface area contributed by atoms with Crippen molar-refractivity contribution >= 4 is 39.7 Å². The standard InChI is InChI=1S/C22H29ClN4O2S/c1-15-4-3-9-27(14-15)17-7-10-26(11-8-17)22-24-13-20(30-22)21(28)25-18-12-16(23)5-6-19(18)29-2/h5-6,12-13,15,17H,3-4,7-11,14H2,1-2H3,(H,25,28)/t15-/m1/s1. The minimum Gasteiger partial charge on any atom is -0.495 e. The molecule has 1 atom stereocenters. The van der Waals surface area contributed by atoms with E-state index in [4.69, 9.17) is 16.3 Å². The number of methoxy groups -OCH3 is 1. The van der Waals surface area contributed by atoms with Crippen molar-refractivity contribution in [3.05, 3.63) is 34.3 Å². The second-order valence-electron chi connectivity index (χ2n) is 8.27. The Morgan fingerprint density at radius 3 is 2.80 bits per heavy atom. The molecule has 0 bridgehead atoms. The van der Waals surface area contributed by atoms with Gasteiger partial charge in [0.2, 0.25) is 0 Å². The van der Waals surface area contributed by atoms with E-state index in [0.717, 1.165) is 37.0 Å². The number of anilines is 2. The maximum Gasteiger partial charge on any atom is 0.267 e. The van der Waals surface area contributed by atoms with Crippen LogP contribution in [0.2, 0.25) is 5.02 Å². The van der Waals surface area contributed by atoms with Gasteiger partial charge >= 0.3 is 0 Å². The van der Waals surface area contributed by atoms with Crippen molar-refractivity contribution in [1.82, 2.24) is 9.88 Å². The van der Waals surface area contributed by atoms with E-state index in [1.807, 2.05) is 0 Å². The largest absolute Gasteiger partial charge is 0.495 e. The molecule has 8 heteroatoms. The Bertz CT molecular complexity index is 882. The number of nitrogens with zero attached hydrogens (tertiary/aromatic N) is 3. The first kappa shape index (κ1) is 21.4. The molecule has 2 aromatic rings. The summed E-state index contributed by atoms with van der Waals surface area (Å²) >= 11 is 7.49. The number of rotatable bonds is 5. The lowest BCUT2D eigenvalue weighted by Gasteiger charge is -2.41.